The second-order valence-electron chi connectivity index (χ2n) is 6.66. The molecule has 3 rings (SSSR count). The van der Waals surface area contributed by atoms with E-state index >= 15 is 0 Å². The van der Waals surface area contributed by atoms with Gasteiger partial charge in [-0.2, -0.15) is 11.8 Å². The third-order valence-electron chi connectivity index (χ3n) is 4.77. The van der Waals surface area contributed by atoms with Crippen LogP contribution < -0.4 is 0 Å². The zero-order chi connectivity index (χ0) is 19.8. The largest absolute Gasteiger partial charge is 0.379 e. The Kier molecular flexibility index (Phi) is 7.59. The molecule has 1 unspecified atom stereocenters. The first-order valence-corrected chi connectivity index (χ1v) is 10.4. The van der Waals surface area contributed by atoms with E-state index in [2.05, 4.69) is 4.90 Å². The van der Waals surface area contributed by atoms with Gasteiger partial charge in [-0.15, -0.1) is 0 Å². The summed E-state index contributed by atoms with van der Waals surface area (Å²) in [4.78, 5) is 25.6. The van der Waals surface area contributed by atoms with Crippen LogP contribution in [0.5, 0.6) is 0 Å². The molecule has 1 fully saturated rings. The van der Waals surface area contributed by atoms with Crippen molar-refractivity contribution in [1.29, 1.82) is 0 Å². The van der Waals surface area contributed by atoms with Crippen molar-refractivity contribution in [2.75, 3.05) is 38.6 Å². The van der Waals surface area contributed by atoms with Gasteiger partial charge in [-0.1, -0.05) is 42.5 Å². The molecule has 1 heterocycles. The summed E-state index contributed by atoms with van der Waals surface area (Å²) in [5.41, 5.74) is 1.71. The van der Waals surface area contributed by atoms with Crippen LogP contribution in [0.2, 0.25) is 0 Å². The van der Waals surface area contributed by atoms with Crippen molar-refractivity contribution in [2.24, 2.45) is 0 Å². The summed E-state index contributed by atoms with van der Waals surface area (Å²) in [5.74, 6) is 0.979. The number of rotatable bonds is 9. The lowest BCUT2D eigenvalue weighted by molar-refractivity contribution is -0.384. The number of non-ortho nitro benzene ring substituents is 1. The Morgan fingerprint density at radius 3 is 2.43 bits per heavy atom. The first kappa shape index (κ1) is 20.5. The number of morpholine rings is 1. The van der Waals surface area contributed by atoms with Crippen LogP contribution in [0.3, 0.4) is 0 Å². The first-order chi connectivity index (χ1) is 13.6. The summed E-state index contributed by atoms with van der Waals surface area (Å²) < 4.78 is 5.38. The number of carbonyl (C=O) groups excluding carboxylic acids is 1. The molecule has 0 aromatic heterocycles. The molecule has 2 aromatic carbocycles. The van der Waals surface area contributed by atoms with Gasteiger partial charge < -0.3 is 4.74 Å². The smallest absolute Gasteiger partial charge is 0.269 e. The molecule has 2 aromatic rings. The van der Waals surface area contributed by atoms with Crippen LogP contribution in [0.25, 0.3) is 0 Å². The number of thioether (sulfide) groups is 1. The lowest BCUT2D eigenvalue weighted by Crippen LogP contribution is -2.37. The molecule has 0 amide bonds. The molecule has 0 N–H and O–H groups in total. The van der Waals surface area contributed by atoms with E-state index in [1.807, 2.05) is 30.3 Å². The number of nitro groups is 1. The maximum atomic E-state index is 12.7. The van der Waals surface area contributed by atoms with Crippen LogP contribution in [0, 0.1) is 10.1 Å². The van der Waals surface area contributed by atoms with Crippen molar-refractivity contribution in [3.05, 3.63) is 75.8 Å². The van der Waals surface area contributed by atoms with Crippen LogP contribution in [0.1, 0.15) is 27.6 Å². The Balaban J connectivity index is 1.67. The molecule has 1 aliphatic rings. The fourth-order valence-corrected chi connectivity index (χ4v) is 4.41. The number of carbonyl (C=O) groups is 1. The quantitative estimate of drug-likeness (QED) is 0.360. The number of nitro benzene ring substituents is 1. The molecule has 0 bridgehead atoms. The van der Waals surface area contributed by atoms with Crippen LogP contribution in [0.4, 0.5) is 5.69 Å². The van der Waals surface area contributed by atoms with E-state index in [9.17, 15) is 14.9 Å². The highest BCUT2D eigenvalue weighted by Crippen LogP contribution is 2.34. The van der Waals surface area contributed by atoms with Crippen LogP contribution >= 0.6 is 11.8 Å². The van der Waals surface area contributed by atoms with Gasteiger partial charge in [0, 0.05) is 54.8 Å². The third-order valence-corrected chi connectivity index (χ3v) is 6.03. The van der Waals surface area contributed by atoms with Gasteiger partial charge in [-0.05, 0) is 5.56 Å². The summed E-state index contributed by atoms with van der Waals surface area (Å²) in [6, 6.07) is 15.8. The summed E-state index contributed by atoms with van der Waals surface area (Å²) in [6.45, 7) is 4.35. The summed E-state index contributed by atoms with van der Waals surface area (Å²) in [7, 11) is 0. The van der Waals surface area contributed by atoms with Crippen molar-refractivity contribution in [2.45, 2.75) is 11.7 Å². The Labute approximate surface area is 169 Å². The van der Waals surface area contributed by atoms with E-state index in [4.69, 9.17) is 4.74 Å². The lowest BCUT2D eigenvalue weighted by atomic mass is 10.0. The van der Waals surface area contributed by atoms with Gasteiger partial charge in [-0.3, -0.25) is 19.8 Å². The SMILES string of the molecule is O=C(CC(SCCN1CCOCC1)c1ccc([N+](=O)[O-])cc1)c1ccccc1. The summed E-state index contributed by atoms with van der Waals surface area (Å²) in [5, 5.41) is 10.9. The van der Waals surface area contributed by atoms with E-state index in [-0.39, 0.29) is 16.7 Å². The van der Waals surface area contributed by atoms with Crippen molar-refractivity contribution in [3.63, 3.8) is 0 Å². The average molecular weight is 401 g/mol. The molecular weight excluding hydrogens is 376 g/mol. The zero-order valence-corrected chi connectivity index (χ0v) is 16.5. The monoisotopic (exact) mass is 400 g/mol. The van der Waals surface area contributed by atoms with Gasteiger partial charge in [0.15, 0.2) is 5.78 Å². The third kappa shape index (κ3) is 5.89. The topological polar surface area (TPSA) is 72.7 Å². The second-order valence-corrected chi connectivity index (χ2v) is 7.97. The summed E-state index contributed by atoms with van der Waals surface area (Å²) in [6.07, 6.45) is 0.371. The van der Waals surface area contributed by atoms with Gasteiger partial charge in [0.25, 0.3) is 5.69 Å². The minimum atomic E-state index is -0.403. The Bertz CT molecular complexity index is 777. The van der Waals surface area contributed by atoms with Crippen LogP contribution in [0.15, 0.2) is 54.6 Å². The van der Waals surface area contributed by atoms with Crippen LogP contribution in [-0.4, -0.2) is 54.2 Å². The van der Waals surface area contributed by atoms with Crippen LogP contribution in [-0.2, 0) is 4.74 Å². The number of nitrogens with zero attached hydrogens (tertiary/aromatic N) is 2. The predicted octanol–water partition coefficient (Wildman–Crippen LogP) is 3.97. The van der Waals surface area contributed by atoms with Crippen molar-refractivity contribution < 1.29 is 14.5 Å². The Morgan fingerprint density at radius 1 is 1.11 bits per heavy atom. The van der Waals surface area contributed by atoms with Crippen molar-refractivity contribution in [3.8, 4) is 0 Å². The van der Waals surface area contributed by atoms with Gasteiger partial charge in [0.2, 0.25) is 0 Å². The molecule has 148 valence electrons. The normalized spacial score (nSPS) is 15.9. The zero-order valence-electron chi connectivity index (χ0n) is 15.7. The Hall–Kier alpha value is -2.22. The molecule has 6 nitrogen and oxygen atoms in total. The van der Waals surface area contributed by atoms with E-state index in [1.54, 1.807) is 23.9 Å². The second kappa shape index (κ2) is 10.4. The summed E-state index contributed by atoms with van der Waals surface area (Å²) >= 11 is 1.73. The maximum absolute atomic E-state index is 12.7. The van der Waals surface area contributed by atoms with E-state index in [1.165, 1.54) is 12.1 Å². The number of hydrogen-bond acceptors (Lipinski definition) is 6. The highest BCUT2D eigenvalue weighted by molar-refractivity contribution is 7.99. The number of ether oxygens (including phenoxy) is 1. The first-order valence-electron chi connectivity index (χ1n) is 9.38. The Morgan fingerprint density at radius 2 is 1.79 bits per heavy atom. The molecule has 0 saturated carbocycles. The lowest BCUT2D eigenvalue weighted by Gasteiger charge is -2.27. The van der Waals surface area contributed by atoms with Gasteiger partial charge in [-0.25, -0.2) is 0 Å². The minimum Gasteiger partial charge on any atom is -0.379 e. The van der Waals surface area contributed by atoms with Gasteiger partial charge >= 0.3 is 0 Å². The van der Waals surface area contributed by atoms with E-state index < -0.39 is 4.92 Å². The molecule has 1 saturated heterocycles. The van der Waals surface area contributed by atoms with Gasteiger partial charge in [0.05, 0.1) is 18.1 Å². The molecule has 28 heavy (non-hydrogen) atoms. The highest BCUT2D eigenvalue weighted by atomic mass is 32.2. The fourth-order valence-electron chi connectivity index (χ4n) is 3.14. The van der Waals surface area contributed by atoms with E-state index in [0.29, 0.717) is 12.0 Å². The van der Waals surface area contributed by atoms with Crippen molar-refractivity contribution in [1.82, 2.24) is 4.90 Å². The number of Topliss-reactive ketones (excluding diaryl/α,β-unsaturated/α-hetero) is 1. The van der Waals surface area contributed by atoms with Gasteiger partial charge in [0.1, 0.15) is 0 Å². The number of benzene rings is 2. The number of hydrogen-bond donors (Lipinski definition) is 0. The molecule has 0 radical (unpaired) electrons. The minimum absolute atomic E-state index is 0.0328. The standard InChI is InChI=1S/C21H24N2O4S/c24-20(17-4-2-1-3-5-17)16-21(18-6-8-19(9-7-18)23(25)26)28-15-12-22-10-13-27-14-11-22/h1-9,21H,10-16H2. The molecule has 0 aliphatic carbocycles. The molecule has 1 aliphatic heterocycles. The molecule has 0 spiro atoms. The fraction of sp³-hybridized carbons (Fsp3) is 0.381. The average Bonchev–Trinajstić information content (AvgIpc) is 2.74. The molecule has 1 atom stereocenters. The molecular formula is C21H24N2O4S. The highest BCUT2D eigenvalue weighted by Gasteiger charge is 2.20. The molecule has 7 heteroatoms. The van der Waals surface area contributed by atoms with Crippen molar-refractivity contribution >= 4 is 23.2 Å². The predicted molar refractivity (Wildman–Crippen MR) is 111 cm³/mol. The van der Waals surface area contributed by atoms with E-state index in [0.717, 1.165) is 44.2 Å². The maximum Gasteiger partial charge on any atom is 0.269 e. The number of ketones is 1.